The smallest absolute Gasteiger partial charge is 0.341 e. The summed E-state index contributed by atoms with van der Waals surface area (Å²) in [4.78, 5) is 68.5. The molecule has 292 valence electrons. The Morgan fingerprint density at radius 2 is 1.38 bits per heavy atom. The second kappa shape index (κ2) is 19.3. The maximum atomic E-state index is 14.2. The first-order valence-corrected chi connectivity index (χ1v) is 20.0. The molecule has 0 aliphatic heterocycles. The summed E-state index contributed by atoms with van der Waals surface area (Å²) >= 11 is 14.7. The number of anilines is 3. The van der Waals surface area contributed by atoms with Crippen LogP contribution >= 0.6 is 46.3 Å². The van der Waals surface area contributed by atoms with Gasteiger partial charge in [-0.25, -0.2) is 4.79 Å². The number of halogens is 2. The first-order valence-electron chi connectivity index (χ1n) is 17.6. The molecule has 0 fully saturated rings. The van der Waals surface area contributed by atoms with Crippen LogP contribution in [0.1, 0.15) is 52.3 Å². The van der Waals surface area contributed by atoms with E-state index in [9.17, 15) is 24.0 Å². The molecule has 6 rings (SSSR count). The molecule has 58 heavy (non-hydrogen) atoms. The van der Waals surface area contributed by atoms with Gasteiger partial charge in [0, 0.05) is 31.9 Å². The first kappa shape index (κ1) is 41.5. The molecular formula is C44H34Cl2N4O6S2. The number of thiophene rings is 1. The number of rotatable bonds is 13. The molecule has 1 atom stereocenters. The highest BCUT2D eigenvalue weighted by Gasteiger charge is 2.30. The first-order chi connectivity index (χ1) is 28.0. The van der Waals surface area contributed by atoms with E-state index < -0.39 is 34.8 Å². The lowest BCUT2D eigenvalue weighted by Crippen LogP contribution is -2.30. The molecule has 0 radical (unpaired) electrons. The van der Waals surface area contributed by atoms with Crippen molar-refractivity contribution in [2.24, 2.45) is 0 Å². The highest BCUT2D eigenvalue weighted by Crippen LogP contribution is 2.40. The monoisotopic (exact) mass is 848 g/mol. The lowest BCUT2D eigenvalue weighted by Gasteiger charge is -2.18. The van der Waals surface area contributed by atoms with Crippen molar-refractivity contribution in [2.75, 3.05) is 23.1 Å². The van der Waals surface area contributed by atoms with Gasteiger partial charge in [0.15, 0.2) is 0 Å². The van der Waals surface area contributed by atoms with Crippen LogP contribution in [0, 0.1) is 6.92 Å². The van der Waals surface area contributed by atoms with Crippen LogP contribution in [-0.4, -0.2) is 36.7 Å². The topological polar surface area (TPSA) is 143 Å². The number of hydrogen-bond donors (Lipinski definition) is 4. The molecule has 0 aliphatic rings. The van der Waals surface area contributed by atoms with Gasteiger partial charge in [-0.2, -0.15) is 0 Å². The van der Waals surface area contributed by atoms with Gasteiger partial charge in [-0.1, -0.05) is 102 Å². The van der Waals surface area contributed by atoms with Gasteiger partial charge in [-0.15, -0.1) is 23.1 Å². The molecule has 1 unspecified atom stereocenters. The second-order valence-corrected chi connectivity index (χ2v) is 15.5. The summed E-state index contributed by atoms with van der Waals surface area (Å²) in [6, 6.07) is 38.0. The fraction of sp³-hybridized carbons (Fsp3) is 0.0682. The van der Waals surface area contributed by atoms with Gasteiger partial charge < -0.3 is 26.0 Å². The predicted octanol–water partition coefficient (Wildman–Crippen LogP) is 10.3. The van der Waals surface area contributed by atoms with Gasteiger partial charge in [0.05, 0.1) is 17.6 Å². The molecule has 0 spiro atoms. The molecule has 4 N–H and O–H groups in total. The van der Waals surface area contributed by atoms with Gasteiger partial charge in [0.2, 0.25) is 5.91 Å². The summed E-state index contributed by atoms with van der Waals surface area (Å²) in [6.07, 6.45) is 1.45. The van der Waals surface area contributed by atoms with Crippen LogP contribution in [0.5, 0.6) is 0 Å². The molecule has 4 amide bonds. The number of thioether (sulfide) groups is 1. The zero-order valence-electron chi connectivity index (χ0n) is 30.9. The summed E-state index contributed by atoms with van der Waals surface area (Å²) in [7, 11) is 1.23. The van der Waals surface area contributed by atoms with Crippen molar-refractivity contribution in [3.8, 4) is 0 Å². The number of amides is 4. The molecule has 0 aliphatic carbocycles. The lowest BCUT2D eigenvalue weighted by atomic mass is 10.1. The van der Waals surface area contributed by atoms with Gasteiger partial charge in [-0.05, 0) is 84.3 Å². The van der Waals surface area contributed by atoms with Crippen molar-refractivity contribution >= 4 is 98.4 Å². The Bertz CT molecular complexity index is 2510. The van der Waals surface area contributed by atoms with Crippen LogP contribution in [0.15, 0.2) is 144 Å². The third-order valence-corrected chi connectivity index (χ3v) is 11.5. The van der Waals surface area contributed by atoms with Crippen LogP contribution in [0.4, 0.5) is 16.4 Å². The van der Waals surface area contributed by atoms with Crippen molar-refractivity contribution in [3.63, 3.8) is 0 Å². The summed E-state index contributed by atoms with van der Waals surface area (Å²) < 4.78 is 5.05. The average molecular weight is 850 g/mol. The Kier molecular flexibility index (Phi) is 13.8. The number of para-hydroxylation sites is 1. The Morgan fingerprint density at radius 1 is 0.724 bits per heavy atom. The van der Waals surface area contributed by atoms with E-state index in [2.05, 4.69) is 21.3 Å². The van der Waals surface area contributed by atoms with Crippen LogP contribution < -0.4 is 21.3 Å². The molecule has 0 saturated carbocycles. The zero-order valence-corrected chi connectivity index (χ0v) is 34.0. The number of hydrogen-bond acceptors (Lipinski definition) is 8. The highest BCUT2D eigenvalue weighted by atomic mass is 35.5. The molecule has 5 aromatic carbocycles. The molecule has 1 heterocycles. The maximum absolute atomic E-state index is 14.2. The second-order valence-electron chi connectivity index (χ2n) is 12.5. The van der Waals surface area contributed by atoms with Crippen LogP contribution in [0.3, 0.4) is 0 Å². The van der Waals surface area contributed by atoms with Crippen molar-refractivity contribution in [2.45, 2.75) is 17.1 Å². The normalized spacial score (nSPS) is 11.6. The van der Waals surface area contributed by atoms with Crippen molar-refractivity contribution in [3.05, 3.63) is 182 Å². The summed E-state index contributed by atoms with van der Waals surface area (Å²) in [6.45, 7) is 1.62. The number of benzene rings is 5. The molecule has 0 bridgehead atoms. The fourth-order valence-electron chi connectivity index (χ4n) is 5.65. The van der Waals surface area contributed by atoms with E-state index in [1.165, 1.54) is 31.0 Å². The average Bonchev–Trinajstić information content (AvgIpc) is 3.56. The number of esters is 1. The van der Waals surface area contributed by atoms with E-state index in [0.29, 0.717) is 43.5 Å². The third kappa shape index (κ3) is 10.4. The summed E-state index contributed by atoms with van der Waals surface area (Å²) in [5, 5.41) is 11.2. The van der Waals surface area contributed by atoms with Gasteiger partial charge in [0.25, 0.3) is 17.7 Å². The van der Waals surface area contributed by atoms with E-state index in [1.54, 1.807) is 122 Å². The number of carbonyl (C=O) groups excluding carboxylic acids is 5. The molecule has 10 nitrogen and oxygen atoms in total. The Morgan fingerprint density at radius 3 is 2.05 bits per heavy atom. The van der Waals surface area contributed by atoms with Crippen molar-refractivity contribution in [1.82, 2.24) is 5.32 Å². The number of carbonyl (C=O) groups is 5. The third-order valence-electron chi connectivity index (χ3n) is 8.49. The minimum Gasteiger partial charge on any atom is -0.465 e. The van der Waals surface area contributed by atoms with Gasteiger partial charge in [0.1, 0.15) is 15.9 Å². The number of ether oxygens (including phenoxy) is 1. The molecule has 14 heteroatoms. The maximum Gasteiger partial charge on any atom is 0.341 e. The van der Waals surface area contributed by atoms with E-state index in [4.69, 9.17) is 27.9 Å². The lowest BCUT2D eigenvalue weighted by molar-refractivity contribution is -0.116. The van der Waals surface area contributed by atoms with Crippen LogP contribution in [0.25, 0.3) is 6.08 Å². The Balaban J connectivity index is 1.26. The molecule has 6 aromatic rings. The molecular weight excluding hydrogens is 816 g/mol. The number of nitrogens with one attached hydrogen (secondary N) is 4. The van der Waals surface area contributed by atoms with Gasteiger partial charge >= 0.3 is 5.97 Å². The highest BCUT2D eigenvalue weighted by molar-refractivity contribution is 8.00. The van der Waals surface area contributed by atoms with Crippen LogP contribution in [-0.2, 0) is 14.3 Å². The Labute approximate surface area is 352 Å². The van der Waals surface area contributed by atoms with E-state index in [0.717, 1.165) is 11.3 Å². The largest absolute Gasteiger partial charge is 0.465 e. The quantitative estimate of drug-likeness (QED) is 0.0515. The van der Waals surface area contributed by atoms with Gasteiger partial charge in [-0.3, -0.25) is 19.2 Å². The standard InChI is InChI=1S/C44H34Cl2N4O6S2/c1-26-36(44(55)56-2)43(58-37(26)41(53)47-31-17-10-5-11-18-31)50-42(54)38(27-13-6-3-7-14-27)57-33-20-12-19-32(25-33)48-40(52)35(23-29-21-22-30(45)24-34(29)46)49-39(51)28-15-8-4-9-16-28/h3-25,38H,1-2H3,(H,47,53)(H,48,52)(H,49,51)(H,50,54)/b35-23+. The van der Waals surface area contributed by atoms with Crippen molar-refractivity contribution in [1.29, 1.82) is 0 Å². The van der Waals surface area contributed by atoms with Crippen LogP contribution in [0.2, 0.25) is 10.0 Å². The molecule has 0 saturated heterocycles. The minimum absolute atomic E-state index is 0.0729. The summed E-state index contributed by atoms with van der Waals surface area (Å²) in [5.41, 5.74) is 2.74. The predicted molar refractivity (Wildman–Crippen MR) is 232 cm³/mol. The summed E-state index contributed by atoms with van der Waals surface area (Å²) in [5.74, 6) is -2.76. The minimum atomic E-state index is -0.852. The van der Waals surface area contributed by atoms with Crippen molar-refractivity contribution < 1.29 is 28.7 Å². The fourth-order valence-corrected chi connectivity index (χ4v) is 8.29. The van der Waals surface area contributed by atoms with E-state index >= 15 is 0 Å². The number of methoxy groups -OCH3 is 1. The van der Waals surface area contributed by atoms with E-state index in [1.807, 2.05) is 12.1 Å². The van der Waals surface area contributed by atoms with E-state index in [-0.39, 0.29) is 26.2 Å². The zero-order chi connectivity index (χ0) is 41.2. The molecule has 1 aromatic heterocycles. The SMILES string of the molecule is COC(=O)c1c(NC(=O)C(Sc2cccc(NC(=O)/C(=C\c3ccc(Cl)cc3Cl)NC(=O)c3ccccc3)c2)c2ccccc2)sc(C(=O)Nc2ccccc2)c1C. The Hall–Kier alpha value is -6.18.